The van der Waals surface area contributed by atoms with Crippen LogP contribution in [-0.4, -0.2) is 62.1 Å². The summed E-state index contributed by atoms with van der Waals surface area (Å²) >= 11 is 0. The van der Waals surface area contributed by atoms with Crippen LogP contribution in [0.3, 0.4) is 0 Å². The zero-order valence-corrected chi connectivity index (χ0v) is 61.5. The fourth-order valence-corrected chi connectivity index (χ4v) is 12.8. The molecule has 14 heteroatoms. The van der Waals surface area contributed by atoms with Crippen LogP contribution < -0.4 is 9.80 Å². The molecule has 2 aliphatic rings. The molecule has 0 amide bonds. The van der Waals surface area contributed by atoms with Crippen molar-refractivity contribution in [1.29, 1.82) is 0 Å². The Bertz CT molecular complexity index is 4840. The molecule has 14 aromatic rings. The van der Waals surface area contributed by atoms with Crippen LogP contribution in [0.15, 0.2) is 256 Å². The minimum atomic E-state index is 0. The Kier molecular flexibility index (Phi) is 22.0. The number of pyridine rings is 2. The Morgan fingerprint density at radius 3 is 1.34 bits per heavy atom. The Hall–Kier alpha value is -9.94. The van der Waals surface area contributed by atoms with Gasteiger partial charge in [-0.25, -0.2) is 0 Å². The molecule has 0 radical (unpaired) electrons. The van der Waals surface area contributed by atoms with Crippen molar-refractivity contribution in [3.05, 3.63) is 316 Å². The van der Waals surface area contributed by atoms with E-state index >= 15 is 0 Å². The SMILES string of the molecule is CC(C)c1cccc(C(C)C)c1-n1ccnc1-c1[c-]cccc1.CC(C)c1cccc(C(C)C)c1-n1ccnc1-c1[c-]cccc1.CN1C=CN(c2[c-]nc3c(c2)c2ccccc2n3-c2ccccc2)[CH-]1.CN1C=CN(c2[c-]ncc3c2c2ccccc2n3-c2ccccc2)[CH-]1.[Ir+3].[Ir+3]. The van der Waals surface area contributed by atoms with E-state index in [2.05, 4.69) is 275 Å². The van der Waals surface area contributed by atoms with Crippen molar-refractivity contribution in [3.63, 3.8) is 0 Å². The molecule has 0 saturated carbocycles. The van der Waals surface area contributed by atoms with Gasteiger partial charge in [0, 0.05) is 64.2 Å². The molecule has 0 atom stereocenters. The number of benzene rings is 8. The minimum Gasteiger partial charge on any atom is -0.510 e. The van der Waals surface area contributed by atoms with Gasteiger partial charge in [-0.2, -0.15) is 13.3 Å². The third kappa shape index (κ3) is 14.2. The van der Waals surface area contributed by atoms with Gasteiger partial charge in [-0.05, 0) is 138 Å². The van der Waals surface area contributed by atoms with Crippen molar-refractivity contribution in [2.24, 2.45) is 0 Å². The zero-order chi connectivity index (χ0) is 66.4. The summed E-state index contributed by atoms with van der Waals surface area (Å²) in [5, 5.41) is 4.68. The molecule has 6 aromatic heterocycles. The molecule has 16 rings (SSSR count). The number of hydrogen-bond donors (Lipinski definition) is 0. The van der Waals surface area contributed by atoms with Crippen LogP contribution in [0.25, 0.3) is 89.3 Å². The maximum absolute atomic E-state index is 4.69. The molecule has 0 saturated heterocycles. The number of fused-ring (bicyclic) bond motifs is 6. The summed E-state index contributed by atoms with van der Waals surface area (Å²) in [5.74, 6) is 3.72. The minimum absolute atomic E-state index is 0. The average Bonchev–Trinajstić information content (AvgIpc) is 1.61. The number of anilines is 2. The predicted molar refractivity (Wildman–Crippen MR) is 394 cm³/mol. The smallest absolute Gasteiger partial charge is 0.510 e. The van der Waals surface area contributed by atoms with E-state index in [1.807, 2.05) is 146 Å². The van der Waals surface area contributed by atoms with E-state index in [4.69, 9.17) is 0 Å². The van der Waals surface area contributed by atoms with E-state index in [0.717, 1.165) is 73.0 Å². The fraction of sp³-hybridized carbons (Fsp3) is 0.167. The van der Waals surface area contributed by atoms with Crippen LogP contribution >= 0.6 is 0 Å². The molecule has 0 spiro atoms. The van der Waals surface area contributed by atoms with Gasteiger partial charge in [0.05, 0.1) is 11.6 Å². The molecule has 98 heavy (non-hydrogen) atoms. The van der Waals surface area contributed by atoms with Gasteiger partial charge in [0.15, 0.2) is 0 Å². The van der Waals surface area contributed by atoms with Crippen LogP contribution in [0.1, 0.15) is 101 Å². The number of nitrogens with zero attached hydrogens (tertiary/aromatic N) is 12. The summed E-state index contributed by atoms with van der Waals surface area (Å²) in [6.45, 7) is 22.0. The summed E-state index contributed by atoms with van der Waals surface area (Å²) in [6, 6.07) is 75.7. The summed E-state index contributed by atoms with van der Waals surface area (Å²) < 4.78 is 8.89. The van der Waals surface area contributed by atoms with Crippen LogP contribution in [-0.2, 0) is 40.2 Å². The third-order valence-corrected chi connectivity index (χ3v) is 17.4. The van der Waals surface area contributed by atoms with Gasteiger partial charge in [0.25, 0.3) is 0 Å². The maximum Gasteiger partial charge on any atom is 3.00 e. The van der Waals surface area contributed by atoms with Gasteiger partial charge in [-0.3, -0.25) is 9.97 Å². The summed E-state index contributed by atoms with van der Waals surface area (Å²) in [6.07, 6.45) is 24.2. The Labute approximate surface area is 603 Å². The molecule has 12 nitrogen and oxygen atoms in total. The van der Waals surface area contributed by atoms with Crippen molar-refractivity contribution in [3.8, 4) is 45.5 Å². The third-order valence-electron chi connectivity index (χ3n) is 17.4. The van der Waals surface area contributed by atoms with Gasteiger partial charge in [-0.15, -0.1) is 77.9 Å². The zero-order valence-electron chi connectivity index (χ0n) is 56.7. The first-order valence-electron chi connectivity index (χ1n) is 32.9. The normalized spacial score (nSPS) is 12.6. The van der Waals surface area contributed by atoms with Crippen LogP contribution in [0.2, 0.25) is 0 Å². The number of aromatic nitrogens is 8. The molecule has 0 aliphatic carbocycles. The van der Waals surface area contributed by atoms with Crippen LogP contribution in [0.4, 0.5) is 11.4 Å². The molecular formula is C84H78Ir2N12. The number of imidazole rings is 2. The first-order valence-corrected chi connectivity index (χ1v) is 32.9. The molecule has 0 bridgehead atoms. The number of hydrogen-bond acceptors (Lipinski definition) is 8. The van der Waals surface area contributed by atoms with Crippen molar-refractivity contribution < 1.29 is 40.2 Å². The second kappa shape index (κ2) is 31.1. The Morgan fingerprint density at radius 1 is 0.418 bits per heavy atom. The van der Waals surface area contributed by atoms with E-state index in [1.54, 1.807) is 0 Å². The fourth-order valence-electron chi connectivity index (χ4n) is 12.8. The Balaban J connectivity index is 0.000000132. The molecule has 0 N–H and O–H groups in total. The molecule has 0 fully saturated rings. The number of para-hydroxylation sites is 6. The monoisotopic (exact) mass is 1640 g/mol. The summed E-state index contributed by atoms with van der Waals surface area (Å²) in [4.78, 5) is 26.4. The number of rotatable bonds is 12. The van der Waals surface area contributed by atoms with Crippen molar-refractivity contribution in [1.82, 2.24) is 48.0 Å². The van der Waals surface area contributed by atoms with Gasteiger partial charge < -0.3 is 47.8 Å². The van der Waals surface area contributed by atoms with Gasteiger partial charge in [0.1, 0.15) is 0 Å². The van der Waals surface area contributed by atoms with E-state index in [0.29, 0.717) is 23.7 Å². The van der Waals surface area contributed by atoms with Crippen LogP contribution in [0.5, 0.6) is 0 Å². The maximum atomic E-state index is 4.69. The topological polar surface area (TPSA) is 84.2 Å². The van der Waals surface area contributed by atoms with E-state index < -0.39 is 0 Å². The average molecular weight is 1640 g/mol. The predicted octanol–water partition coefficient (Wildman–Crippen LogP) is 19.8. The van der Waals surface area contributed by atoms with E-state index in [1.165, 1.54) is 49.9 Å². The van der Waals surface area contributed by atoms with Crippen molar-refractivity contribution in [2.45, 2.75) is 79.1 Å². The second-order valence-electron chi connectivity index (χ2n) is 25.3. The Morgan fingerprint density at radius 2 is 0.867 bits per heavy atom. The largest absolute Gasteiger partial charge is 3.00 e. The van der Waals surface area contributed by atoms with E-state index in [9.17, 15) is 0 Å². The molecule has 2 aliphatic heterocycles. The van der Waals surface area contributed by atoms with Crippen molar-refractivity contribution >= 4 is 55.1 Å². The first-order chi connectivity index (χ1) is 46.8. The van der Waals surface area contributed by atoms with Crippen molar-refractivity contribution in [2.75, 3.05) is 23.9 Å². The quantitative estimate of drug-likeness (QED) is 0.112. The first kappa shape index (κ1) is 69.4. The second-order valence-corrected chi connectivity index (χ2v) is 25.3. The summed E-state index contributed by atoms with van der Waals surface area (Å²) in [5.41, 5.74) is 18.4. The molecular weight excluding hydrogens is 1560 g/mol. The molecule has 8 heterocycles. The van der Waals surface area contributed by atoms with E-state index in [-0.39, 0.29) is 40.2 Å². The van der Waals surface area contributed by atoms with Gasteiger partial charge in [0.2, 0.25) is 0 Å². The summed E-state index contributed by atoms with van der Waals surface area (Å²) in [7, 11) is 4.01. The standard InChI is InChI=1S/2C21H16N4.2C21H23N2.2Ir/c1-23-11-12-24(15-23)17-13-19-18-9-5-6-10-20(18)25(21(19)22-14-17)16-7-3-2-4-8-16;1-23-11-12-24(15-23)19-13-22-14-20-21(19)17-9-5-6-10-18(17)25(20)16-7-3-2-4-8-16;2*1-15(2)18-11-8-12-19(16(3)4)20(18)23-14-13-22-21(23)17-9-6-5-7-10-17;;/h2-13,15H,1H3;2-12,14-15H,1H3;2*5-9,11-16H,1-4H3;;/q2*-2;2*-1;2*+3. The molecule has 492 valence electrons. The molecule has 0 unspecified atom stereocenters. The molecule has 8 aromatic carbocycles. The van der Waals surface area contributed by atoms with Gasteiger partial charge >= 0.3 is 40.2 Å². The van der Waals surface area contributed by atoms with Crippen LogP contribution in [0, 0.1) is 37.9 Å². The van der Waals surface area contributed by atoms with Gasteiger partial charge in [-0.1, -0.05) is 205 Å².